The van der Waals surface area contributed by atoms with Gasteiger partial charge in [0, 0.05) is 33.1 Å². The van der Waals surface area contributed by atoms with Crippen LogP contribution in [0, 0.1) is 12.8 Å². The molecule has 0 radical (unpaired) electrons. The summed E-state index contributed by atoms with van der Waals surface area (Å²) in [6.07, 6.45) is 0.260. The highest BCUT2D eigenvalue weighted by Crippen LogP contribution is 2.25. The van der Waals surface area contributed by atoms with E-state index in [1.165, 1.54) is 5.56 Å². The number of nitrogens with zero attached hydrogens (tertiary/aromatic N) is 2. The molecule has 0 spiro atoms. The topological polar surface area (TPSA) is 40.6 Å². The van der Waals surface area contributed by atoms with E-state index in [9.17, 15) is 9.59 Å². The van der Waals surface area contributed by atoms with Crippen LogP contribution in [-0.4, -0.2) is 35.2 Å². The Hall–Kier alpha value is -2.04. The number of likely N-dealkylation sites (tertiary alicyclic amines) is 1. The minimum atomic E-state index is -0.310. The lowest BCUT2D eigenvalue weighted by molar-refractivity contribution is -0.135. The van der Waals surface area contributed by atoms with Gasteiger partial charge < -0.3 is 9.80 Å². The lowest BCUT2D eigenvalue weighted by Crippen LogP contribution is -2.34. The second-order valence-electron chi connectivity index (χ2n) is 7.10. The van der Waals surface area contributed by atoms with E-state index >= 15 is 0 Å². The van der Waals surface area contributed by atoms with Crippen molar-refractivity contribution in [1.82, 2.24) is 9.80 Å². The number of amides is 2. The van der Waals surface area contributed by atoms with Gasteiger partial charge in [-0.05, 0) is 30.2 Å². The maximum atomic E-state index is 12.8. The van der Waals surface area contributed by atoms with E-state index in [1.54, 1.807) is 29.0 Å². The molecule has 0 N–H and O–H groups in total. The molecule has 1 unspecified atom stereocenters. The van der Waals surface area contributed by atoms with Gasteiger partial charge in [0.15, 0.2) is 0 Å². The average Bonchev–Trinajstić information content (AvgIpc) is 3.00. The molecule has 2 aromatic carbocycles. The van der Waals surface area contributed by atoms with Crippen LogP contribution < -0.4 is 0 Å². The van der Waals surface area contributed by atoms with Gasteiger partial charge >= 0.3 is 0 Å². The lowest BCUT2D eigenvalue weighted by Gasteiger charge is -2.22. The third-order valence-corrected chi connectivity index (χ3v) is 5.58. The van der Waals surface area contributed by atoms with Crippen molar-refractivity contribution in [2.24, 2.45) is 5.92 Å². The van der Waals surface area contributed by atoms with Crippen molar-refractivity contribution >= 4 is 35.0 Å². The molecule has 1 fully saturated rings. The first kappa shape index (κ1) is 19.7. The van der Waals surface area contributed by atoms with Crippen molar-refractivity contribution < 1.29 is 9.59 Å². The summed E-state index contributed by atoms with van der Waals surface area (Å²) < 4.78 is 0. The quantitative estimate of drug-likeness (QED) is 0.744. The Morgan fingerprint density at radius 3 is 2.44 bits per heavy atom. The molecule has 27 heavy (non-hydrogen) atoms. The van der Waals surface area contributed by atoms with E-state index in [0.29, 0.717) is 29.7 Å². The minimum Gasteiger partial charge on any atom is -0.341 e. The zero-order valence-corrected chi connectivity index (χ0v) is 16.9. The molecule has 6 heteroatoms. The van der Waals surface area contributed by atoms with Gasteiger partial charge in [0.2, 0.25) is 11.8 Å². The second-order valence-corrected chi connectivity index (χ2v) is 7.92. The Balaban J connectivity index is 1.60. The smallest absolute Gasteiger partial charge is 0.228 e. The molecule has 1 aliphatic heterocycles. The Bertz CT molecular complexity index is 852. The number of hydrogen-bond acceptors (Lipinski definition) is 2. The standard InChI is InChI=1S/C21H22Cl2N2O2/c1-14-3-5-15(6-4-14)12-25-13-17(10-20(25)26)21(27)24(2)11-16-7-8-18(22)19(23)9-16/h3-9,17H,10-13H2,1-2H3. The Kier molecular flexibility index (Phi) is 6.08. The summed E-state index contributed by atoms with van der Waals surface area (Å²) >= 11 is 12.0. The molecule has 0 saturated carbocycles. The predicted octanol–water partition coefficient (Wildman–Crippen LogP) is 4.31. The third-order valence-electron chi connectivity index (χ3n) is 4.84. The summed E-state index contributed by atoms with van der Waals surface area (Å²) in [6.45, 7) is 3.46. The first-order valence-corrected chi connectivity index (χ1v) is 9.61. The molecular weight excluding hydrogens is 383 g/mol. The van der Waals surface area contributed by atoms with Gasteiger partial charge in [-0.25, -0.2) is 0 Å². The molecular formula is C21H22Cl2N2O2. The molecule has 4 nitrogen and oxygen atoms in total. The summed E-state index contributed by atoms with van der Waals surface area (Å²) in [5.74, 6) is -0.312. The molecule has 0 bridgehead atoms. The van der Waals surface area contributed by atoms with Gasteiger partial charge in [-0.15, -0.1) is 0 Å². The maximum absolute atomic E-state index is 12.8. The molecule has 3 rings (SSSR count). The molecule has 2 amide bonds. The summed E-state index contributed by atoms with van der Waals surface area (Å²) in [4.78, 5) is 28.5. The SMILES string of the molecule is Cc1ccc(CN2CC(C(=O)N(C)Cc3ccc(Cl)c(Cl)c3)CC2=O)cc1. The van der Waals surface area contributed by atoms with Crippen LogP contribution in [0.4, 0.5) is 0 Å². The fourth-order valence-corrected chi connectivity index (χ4v) is 3.63. The molecule has 1 atom stereocenters. The number of carbonyl (C=O) groups is 2. The Morgan fingerprint density at radius 1 is 1.11 bits per heavy atom. The molecule has 1 saturated heterocycles. The van der Waals surface area contributed by atoms with Gasteiger partial charge in [0.25, 0.3) is 0 Å². The number of hydrogen-bond donors (Lipinski definition) is 0. The highest BCUT2D eigenvalue weighted by Gasteiger charge is 2.35. The first-order valence-electron chi connectivity index (χ1n) is 8.85. The van der Waals surface area contributed by atoms with Crippen LogP contribution in [0.2, 0.25) is 10.0 Å². The zero-order chi connectivity index (χ0) is 19.6. The molecule has 0 aromatic heterocycles. The van der Waals surface area contributed by atoms with Crippen molar-refractivity contribution in [2.45, 2.75) is 26.4 Å². The highest BCUT2D eigenvalue weighted by molar-refractivity contribution is 6.42. The lowest BCUT2D eigenvalue weighted by atomic mass is 10.1. The van der Waals surface area contributed by atoms with Gasteiger partial charge in [-0.3, -0.25) is 9.59 Å². The van der Waals surface area contributed by atoms with E-state index in [0.717, 1.165) is 11.1 Å². The predicted molar refractivity (Wildman–Crippen MR) is 108 cm³/mol. The fraction of sp³-hybridized carbons (Fsp3) is 0.333. The van der Waals surface area contributed by atoms with Crippen molar-refractivity contribution in [3.05, 3.63) is 69.2 Å². The number of rotatable bonds is 5. The number of aryl methyl sites for hydroxylation is 1. The van der Waals surface area contributed by atoms with Crippen LogP contribution in [0.15, 0.2) is 42.5 Å². The normalized spacial score (nSPS) is 16.7. The van der Waals surface area contributed by atoms with Crippen LogP contribution in [0.3, 0.4) is 0 Å². The fourth-order valence-electron chi connectivity index (χ4n) is 3.31. The molecule has 0 aliphatic carbocycles. The molecule has 1 aliphatic rings. The number of halogens is 2. The van der Waals surface area contributed by atoms with Gasteiger partial charge in [-0.2, -0.15) is 0 Å². The summed E-state index contributed by atoms with van der Waals surface area (Å²) in [7, 11) is 1.75. The van der Waals surface area contributed by atoms with Gasteiger partial charge in [0.05, 0.1) is 16.0 Å². The number of benzene rings is 2. The monoisotopic (exact) mass is 404 g/mol. The van der Waals surface area contributed by atoms with Crippen LogP contribution >= 0.6 is 23.2 Å². The largest absolute Gasteiger partial charge is 0.341 e. The maximum Gasteiger partial charge on any atom is 0.228 e. The van der Waals surface area contributed by atoms with Crippen molar-refractivity contribution in [3.63, 3.8) is 0 Å². The zero-order valence-electron chi connectivity index (χ0n) is 15.4. The Morgan fingerprint density at radius 2 is 1.78 bits per heavy atom. The van der Waals surface area contributed by atoms with E-state index < -0.39 is 0 Å². The third kappa shape index (κ3) is 4.82. The molecule has 2 aromatic rings. The van der Waals surface area contributed by atoms with Crippen LogP contribution in [0.5, 0.6) is 0 Å². The van der Waals surface area contributed by atoms with Crippen LogP contribution in [0.1, 0.15) is 23.1 Å². The first-order chi connectivity index (χ1) is 12.8. The van der Waals surface area contributed by atoms with Gasteiger partial charge in [-0.1, -0.05) is 59.1 Å². The van der Waals surface area contributed by atoms with E-state index in [2.05, 4.69) is 0 Å². The summed E-state index contributed by atoms with van der Waals surface area (Å²) in [5.41, 5.74) is 3.16. The highest BCUT2D eigenvalue weighted by atomic mass is 35.5. The van der Waals surface area contributed by atoms with Gasteiger partial charge in [0.1, 0.15) is 0 Å². The minimum absolute atomic E-state index is 0.0249. The summed E-state index contributed by atoms with van der Waals surface area (Å²) in [5, 5.41) is 0.956. The molecule has 142 valence electrons. The van der Waals surface area contributed by atoms with E-state index in [4.69, 9.17) is 23.2 Å². The van der Waals surface area contributed by atoms with E-state index in [1.807, 2.05) is 37.3 Å². The molecule has 1 heterocycles. The van der Waals surface area contributed by atoms with Crippen LogP contribution in [0.25, 0.3) is 0 Å². The summed E-state index contributed by atoms with van der Waals surface area (Å²) in [6, 6.07) is 13.4. The van der Waals surface area contributed by atoms with Crippen molar-refractivity contribution in [2.75, 3.05) is 13.6 Å². The Labute approximate surface area is 169 Å². The second kappa shape index (κ2) is 8.32. The average molecular weight is 405 g/mol. The van der Waals surface area contributed by atoms with Crippen LogP contribution in [-0.2, 0) is 22.7 Å². The number of carbonyl (C=O) groups excluding carboxylic acids is 2. The van der Waals surface area contributed by atoms with Crippen molar-refractivity contribution in [1.29, 1.82) is 0 Å². The van der Waals surface area contributed by atoms with E-state index in [-0.39, 0.29) is 24.2 Å². The van der Waals surface area contributed by atoms with Crippen molar-refractivity contribution in [3.8, 4) is 0 Å².